The molecule has 0 saturated carbocycles. The van der Waals surface area contributed by atoms with Crippen molar-refractivity contribution in [3.8, 4) is 46.3 Å². The fourth-order valence-electron chi connectivity index (χ4n) is 18.5. The number of nitriles is 2. The van der Waals surface area contributed by atoms with Crippen molar-refractivity contribution < 1.29 is 107 Å². The number of piperazine rings is 2. The van der Waals surface area contributed by atoms with Crippen LogP contribution in [0.3, 0.4) is 0 Å². The van der Waals surface area contributed by atoms with Crippen molar-refractivity contribution in [2.24, 2.45) is 11.8 Å². The molecule has 16 rings (SSSR count). The number of esters is 2. The topological polar surface area (TPSA) is 226 Å². The van der Waals surface area contributed by atoms with E-state index >= 15 is 0 Å². The maximum absolute atomic E-state index is 14.3. The minimum atomic E-state index is -1.93. The van der Waals surface area contributed by atoms with Gasteiger partial charge in [-0.05, 0) is 162 Å². The number of nitrogens with zero attached hydrogens (tertiary/aromatic N) is 6. The molecular weight excluding hydrogens is 1570 g/mol. The Morgan fingerprint density at radius 2 is 1.38 bits per heavy atom. The molecule has 9 aliphatic heterocycles. The zero-order valence-corrected chi connectivity index (χ0v) is 68.4. The van der Waals surface area contributed by atoms with Crippen LogP contribution >= 0.6 is 23.5 Å². The minimum Gasteiger partial charge on any atom is -0.507 e. The van der Waals surface area contributed by atoms with E-state index in [4.69, 9.17) is 37.9 Å². The van der Waals surface area contributed by atoms with Crippen molar-refractivity contribution in [3.63, 3.8) is 0 Å². The number of phenols is 1. The number of likely N-dealkylation sites (N-methyl/N-ethyl adjacent to an activating group) is 2. The second-order valence-electron chi connectivity index (χ2n) is 30.1. The molecule has 14 atom stereocenters. The molecule has 5 saturated heterocycles. The summed E-state index contributed by atoms with van der Waals surface area (Å²) in [7, 11) is 4.17. The number of rotatable bonds is 11. The Balaban J connectivity index is 0.000000177. The van der Waals surface area contributed by atoms with Crippen molar-refractivity contribution in [2.45, 2.75) is 185 Å². The summed E-state index contributed by atoms with van der Waals surface area (Å²) in [4.78, 5) is 50.4. The average Bonchev–Trinajstić information content (AvgIpc) is 0.995. The van der Waals surface area contributed by atoms with E-state index in [-0.39, 0.29) is 148 Å². The number of ketones is 1. The number of phenolic OH excluding ortho intramolecular Hbond substituents is 1. The number of ether oxygens (including phenoxy) is 8. The number of aliphatic hydroxyl groups is 1. The first-order valence-corrected chi connectivity index (χ1v) is 38.2. The molecule has 6 bridgehead atoms. The molecule has 5 aromatic rings. The fourth-order valence-corrected chi connectivity index (χ4v) is 21.4. The van der Waals surface area contributed by atoms with Crippen molar-refractivity contribution in [3.05, 3.63) is 173 Å². The number of cyclic esters (lactones) is 1. The first kappa shape index (κ1) is 75.8. The van der Waals surface area contributed by atoms with E-state index in [0.717, 1.165) is 40.0 Å². The molecule has 0 aromatic heterocycles. The number of carbonyl (C=O) groups is 3. The summed E-state index contributed by atoms with van der Waals surface area (Å²) in [5, 5.41) is 46.3. The van der Waals surface area contributed by atoms with Crippen LogP contribution < -0.4 is 14.2 Å². The molecule has 19 nitrogen and oxygen atoms in total. The predicted octanol–water partition coefficient (Wildman–Crippen LogP) is 13.0. The zero-order chi connectivity index (χ0) is 73.1. The summed E-state index contributed by atoms with van der Waals surface area (Å²) in [5.41, 5.74) is 17.5. The largest absolute Gasteiger partial charge is 0.507 e. The third-order valence-electron chi connectivity index (χ3n) is 23.6. The van der Waals surface area contributed by atoms with Crippen LogP contribution in [0.1, 0.15) is 161 Å². The Morgan fingerprint density at radius 1 is 0.779 bits per heavy atom. The van der Waals surface area contributed by atoms with Gasteiger partial charge in [-0.25, -0.2) is 0 Å². The average molecular weight is 1660 g/mol. The minimum absolute atomic E-state index is 0. The van der Waals surface area contributed by atoms with Gasteiger partial charge in [-0.15, -0.1) is 18.3 Å². The van der Waals surface area contributed by atoms with E-state index in [0.29, 0.717) is 70.7 Å². The number of aromatic hydroxyl groups is 1. The number of benzene rings is 5. The number of hydrogen-bond acceptors (Lipinski definition) is 21. The Hall–Kier alpha value is -6.39. The summed E-state index contributed by atoms with van der Waals surface area (Å²) in [6.45, 7) is 28.1. The van der Waals surface area contributed by atoms with E-state index in [2.05, 4.69) is 155 Å². The zero-order valence-electron chi connectivity index (χ0n) is 62.0. The van der Waals surface area contributed by atoms with Crippen molar-refractivity contribution in [2.75, 3.05) is 65.8 Å². The van der Waals surface area contributed by atoms with Crippen molar-refractivity contribution >= 4 is 41.2 Å². The van der Waals surface area contributed by atoms with E-state index in [1.54, 1.807) is 30.4 Å². The number of aryl methyl sites for hydroxylation is 2. The standard InChI is InChI=1S/C44H45N3O6S.C34H41N3O7S.C4H8.Ac/c1-22-15-27-16-32-34(18-45)47-33(38(46(32)6)36(27)25(4)24(22)3)17-44(50)37(40-39(52-21-53-40)26(5)42(44)48)35(47)19-51-43(49)23(2)20-54-41-30-13-9-7-11-28(30)29-12-8-10-14-31(29)41;1-7-8-40-14-42-30-18(4)16(2)9-20-10-21-22(11-35)37-23-12-41-34(39)17(3)13-45-33(28(37)27(24(20)30)36(21)6)26-25(23)32-31(43-15-44-32)19(5)29(26)38;1-4(2)3;/h7-15,23,32-35,38,41,50H,16-17,19-21H2,1-6H3;9,17,21-23,27-28,33,38H,7-8,10,12-15H2,1-6H3;1H2,2-3H3;/t23?,32-,33?,34-,35-,38-,44+;17?,21-,22-,23-,27+,28?,33+;;/m00../s1. The van der Waals surface area contributed by atoms with E-state index in [1.807, 2.05) is 34.6 Å². The van der Waals surface area contributed by atoms with Gasteiger partial charge in [-0.2, -0.15) is 22.3 Å². The van der Waals surface area contributed by atoms with E-state index in [9.17, 15) is 35.1 Å². The summed E-state index contributed by atoms with van der Waals surface area (Å²) in [6, 6.07) is 22.9. The first-order valence-electron chi connectivity index (χ1n) is 36.1. The monoisotopic (exact) mass is 1660 g/mol. The first-order chi connectivity index (χ1) is 49.4. The Bertz CT molecular complexity index is 4440. The Labute approximate surface area is 655 Å². The van der Waals surface area contributed by atoms with Gasteiger partial charge in [0.2, 0.25) is 13.6 Å². The second-order valence-corrected chi connectivity index (χ2v) is 32.4. The van der Waals surface area contributed by atoms with Crippen molar-refractivity contribution in [1.29, 1.82) is 10.5 Å². The van der Waals surface area contributed by atoms with Crippen LogP contribution in [0.2, 0.25) is 0 Å². The fraction of sp³-hybridized carbons (Fsp3) is 0.500. The van der Waals surface area contributed by atoms with Crippen LogP contribution in [0, 0.1) is 120 Å². The molecule has 2 N–H and O–H groups in total. The summed E-state index contributed by atoms with van der Waals surface area (Å²) in [5.74, 6) is 1.91. The van der Waals surface area contributed by atoms with Gasteiger partial charge < -0.3 is 48.1 Å². The molecule has 1 radical (unpaired) electrons. The third kappa shape index (κ3) is 12.4. The molecule has 4 unspecified atom stereocenters. The smallest absolute Gasteiger partial charge is 0.309 e. The molecule has 104 heavy (non-hydrogen) atoms. The van der Waals surface area contributed by atoms with Crippen LogP contribution in [0.4, 0.5) is 0 Å². The molecular formula is C82H94AcN6O13S2. The van der Waals surface area contributed by atoms with Gasteiger partial charge in [0, 0.05) is 120 Å². The molecule has 0 spiro atoms. The predicted molar refractivity (Wildman–Crippen MR) is 393 cm³/mol. The Kier molecular flexibility index (Phi) is 21.9. The number of hydrogen-bond donors (Lipinski definition) is 2. The molecule has 5 fully saturated rings. The molecule has 5 aromatic carbocycles. The van der Waals surface area contributed by atoms with Crippen molar-refractivity contribution in [1.82, 2.24) is 19.6 Å². The number of Topliss-reactive ketones (excluding diaryl/α,β-unsaturated/α-hetero) is 1. The van der Waals surface area contributed by atoms with E-state index in [1.165, 1.54) is 61.2 Å². The maximum atomic E-state index is 14.3. The Morgan fingerprint density at radius 3 is 2.03 bits per heavy atom. The summed E-state index contributed by atoms with van der Waals surface area (Å²) < 4.78 is 48.3. The summed E-state index contributed by atoms with van der Waals surface area (Å²) >= 11 is 3.37. The number of fused-ring (bicyclic) bond motifs is 20. The summed E-state index contributed by atoms with van der Waals surface area (Å²) in [6.07, 6.45) is 2.31. The third-order valence-corrected chi connectivity index (χ3v) is 26.7. The molecule has 22 heteroatoms. The van der Waals surface area contributed by atoms with Gasteiger partial charge in [0.1, 0.15) is 36.8 Å². The second kappa shape index (κ2) is 30.0. The van der Waals surface area contributed by atoms with Gasteiger partial charge in [0.15, 0.2) is 41.2 Å². The van der Waals surface area contributed by atoms with Gasteiger partial charge in [0.25, 0.3) is 0 Å². The number of piperidine rings is 1. The van der Waals surface area contributed by atoms with Crippen LogP contribution in [0.5, 0.6) is 23.0 Å². The number of allylic oxidation sites excluding steroid dienone is 1. The molecule has 11 aliphatic rings. The van der Waals surface area contributed by atoms with E-state index < -0.39 is 47.5 Å². The number of thioether (sulfide) groups is 2. The van der Waals surface area contributed by atoms with Crippen LogP contribution in [-0.2, 0) is 50.9 Å². The number of carbonyl (C=O) groups excluding carboxylic acids is 3. The maximum Gasteiger partial charge on any atom is 0.309 e. The molecule has 2 aliphatic carbocycles. The van der Waals surface area contributed by atoms with Gasteiger partial charge in [-0.3, -0.25) is 34.0 Å². The quantitative estimate of drug-likeness (QED) is 0.0542. The van der Waals surface area contributed by atoms with Gasteiger partial charge in [-0.1, -0.05) is 87.0 Å². The molecule has 0 amide bonds. The SMILES string of the molecule is C=C(C)C.CC1=C2OCOC2=C2[C@H](COC(=O)C(C)CSC3c4ccccc4-c4ccccc43)N3C(C[C@]2(O)C1=O)[C@H]1c2c(cc(C)c(C)c2C)C[C@@H]([C@@H]3C#N)N1C.CCCOCOc1c(C)c(C)cc2c1[C@@H]1C3[C@@H]4SCC(C)C(=O)OC[C@@H](c5c6c(c(C)c(O)c54)OCO6)N3[C@@H](C#N)[C@H](C2)N1C.[Ac]. The van der Waals surface area contributed by atoms with Crippen LogP contribution in [0.15, 0.2) is 95.5 Å². The van der Waals surface area contributed by atoms with Gasteiger partial charge in [0.05, 0.1) is 65.2 Å². The van der Waals surface area contributed by atoms with Gasteiger partial charge >= 0.3 is 11.9 Å². The normalized spacial score (nSPS) is 28.3. The molecule has 9 heterocycles. The van der Waals surface area contributed by atoms with Crippen LogP contribution in [0.25, 0.3) is 11.1 Å². The molecule has 545 valence electrons. The van der Waals surface area contributed by atoms with Crippen LogP contribution in [-0.4, -0.2) is 161 Å².